The van der Waals surface area contributed by atoms with Crippen molar-refractivity contribution in [1.29, 1.82) is 0 Å². The molecule has 0 aliphatic carbocycles. The van der Waals surface area contributed by atoms with Crippen molar-refractivity contribution in [2.75, 3.05) is 4.90 Å². The molecule has 2 aromatic rings. The van der Waals surface area contributed by atoms with Gasteiger partial charge in [-0.3, -0.25) is 19.4 Å². The molecule has 2 aromatic heterocycles. The molecule has 0 aromatic carbocycles. The van der Waals surface area contributed by atoms with Crippen molar-refractivity contribution in [2.45, 2.75) is 19.8 Å². The van der Waals surface area contributed by atoms with Gasteiger partial charge in [-0.2, -0.15) is 0 Å². The van der Waals surface area contributed by atoms with E-state index in [9.17, 15) is 19.5 Å². The lowest BCUT2D eigenvalue weighted by Crippen LogP contribution is -2.28. The molecule has 23 heavy (non-hydrogen) atoms. The first-order chi connectivity index (χ1) is 11.0. The summed E-state index contributed by atoms with van der Waals surface area (Å²) in [6, 6.07) is 4.90. The molecule has 1 aliphatic rings. The zero-order chi connectivity index (χ0) is 16.6. The summed E-state index contributed by atoms with van der Waals surface area (Å²) in [6.07, 6.45) is 1.53. The van der Waals surface area contributed by atoms with Gasteiger partial charge < -0.3 is 14.3 Å². The Bertz CT molecular complexity index is 780. The van der Waals surface area contributed by atoms with Crippen molar-refractivity contribution in [3.05, 3.63) is 24.4 Å². The minimum atomic E-state index is -0.728. The lowest BCUT2D eigenvalue weighted by molar-refractivity contribution is -0.132. The van der Waals surface area contributed by atoms with Gasteiger partial charge in [-0.15, -0.1) is 0 Å². The smallest absolute Gasteiger partial charge is 0.308 e. The summed E-state index contributed by atoms with van der Waals surface area (Å²) >= 11 is 0. The summed E-state index contributed by atoms with van der Waals surface area (Å²) in [5, 5.41) is 10.3. The summed E-state index contributed by atoms with van der Waals surface area (Å²) in [5.74, 6) is -3.00. The van der Waals surface area contributed by atoms with Crippen molar-refractivity contribution < 1.29 is 28.6 Å². The molecule has 0 atom stereocenters. The number of nitrogens with zero attached hydrogens (tertiary/aromatic N) is 2. The molecule has 0 unspecified atom stereocenters. The molecule has 1 saturated heterocycles. The predicted octanol–water partition coefficient (Wildman–Crippen LogP) is 1.63. The molecule has 118 valence electrons. The number of aromatic hydroxyl groups is 1. The van der Waals surface area contributed by atoms with Crippen molar-refractivity contribution in [2.24, 2.45) is 0 Å². The second-order valence-corrected chi connectivity index (χ2v) is 4.85. The van der Waals surface area contributed by atoms with Gasteiger partial charge >= 0.3 is 5.97 Å². The molecule has 0 saturated carbocycles. The summed E-state index contributed by atoms with van der Waals surface area (Å²) in [7, 11) is 0. The minimum absolute atomic E-state index is 0.0265. The van der Waals surface area contributed by atoms with Crippen LogP contribution in [0.25, 0.3) is 11.5 Å². The minimum Gasteiger partial charge on any atom is -0.501 e. The number of aromatic nitrogens is 1. The normalized spacial score (nSPS) is 14.4. The van der Waals surface area contributed by atoms with Crippen LogP contribution in [0.1, 0.15) is 19.8 Å². The van der Waals surface area contributed by atoms with Crippen LogP contribution in [0.15, 0.2) is 28.8 Å². The largest absolute Gasteiger partial charge is 0.501 e. The number of pyridine rings is 1. The second-order valence-electron chi connectivity index (χ2n) is 4.85. The van der Waals surface area contributed by atoms with Crippen LogP contribution in [0.3, 0.4) is 0 Å². The lowest BCUT2D eigenvalue weighted by atomic mass is 10.2. The Kier molecular flexibility index (Phi) is 3.57. The summed E-state index contributed by atoms with van der Waals surface area (Å²) in [4.78, 5) is 39.8. The van der Waals surface area contributed by atoms with Crippen LogP contribution in [-0.2, 0) is 14.4 Å². The molecule has 0 spiro atoms. The Labute approximate surface area is 130 Å². The SMILES string of the molecule is CC(=O)Oc1c(N2C(=O)CCC2=O)oc(-c2ccccn2)c1O. The fraction of sp³-hybridized carbons (Fsp3) is 0.200. The van der Waals surface area contributed by atoms with Gasteiger partial charge in [0.2, 0.25) is 29.1 Å². The maximum atomic E-state index is 11.9. The highest BCUT2D eigenvalue weighted by atomic mass is 16.6. The van der Waals surface area contributed by atoms with E-state index in [1.54, 1.807) is 18.2 Å². The van der Waals surface area contributed by atoms with Gasteiger partial charge in [-0.25, -0.2) is 4.90 Å². The van der Waals surface area contributed by atoms with Crippen LogP contribution in [-0.4, -0.2) is 27.9 Å². The first-order valence-corrected chi connectivity index (χ1v) is 6.80. The number of carbonyl (C=O) groups excluding carboxylic acids is 3. The number of esters is 1. The molecular formula is C15H12N2O6. The van der Waals surface area contributed by atoms with E-state index in [0.29, 0.717) is 0 Å². The summed E-state index contributed by atoms with van der Waals surface area (Å²) < 4.78 is 10.4. The fourth-order valence-electron chi connectivity index (χ4n) is 2.25. The third-order valence-corrected chi connectivity index (χ3v) is 3.22. The molecule has 8 heteroatoms. The molecule has 3 heterocycles. The number of hydrogen-bond acceptors (Lipinski definition) is 7. The quantitative estimate of drug-likeness (QED) is 0.676. The molecule has 1 aliphatic heterocycles. The van der Waals surface area contributed by atoms with Gasteiger partial charge in [0.15, 0.2) is 0 Å². The zero-order valence-corrected chi connectivity index (χ0v) is 12.1. The number of anilines is 1. The topological polar surface area (TPSA) is 110 Å². The van der Waals surface area contributed by atoms with Crippen molar-refractivity contribution in [1.82, 2.24) is 4.98 Å². The first kappa shape index (κ1) is 14.8. The van der Waals surface area contributed by atoms with Gasteiger partial charge in [0.05, 0.1) is 0 Å². The number of imide groups is 1. The Hall–Kier alpha value is -3.16. The molecular weight excluding hydrogens is 304 g/mol. The van der Waals surface area contributed by atoms with Gasteiger partial charge in [-0.1, -0.05) is 6.07 Å². The maximum absolute atomic E-state index is 11.9. The predicted molar refractivity (Wildman–Crippen MR) is 76.6 cm³/mol. The molecule has 8 nitrogen and oxygen atoms in total. The van der Waals surface area contributed by atoms with E-state index >= 15 is 0 Å². The Morgan fingerprint density at radius 3 is 2.57 bits per heavy atom. The zero-order valence-electron chi connectivity index (χ0n) is 12.1. The standard InChI is InChI=1S/C15H12N2O6/c1-8(18)22-14-12(21)13(9-4-2-3-7-16-9)23-15(14)17-10(19)5-6-11(17)20/h2-4,7,21H,5-6H2,1H3. The third kappa shape index (κ3) is 2.54. The number of rotatable bonds is 3. The number of furan rings is 1. The molecule has 0 radical (unpaired) electrons. The molecule has 2 amide bonds. The monoisotopic (exact) mass is 316 g/mol. The van der Waals surface area contributed by atoms with E-state index < -0.39 is 23.5 Å². The molecule has 1 N–H and O–H groups in total. The highest BCUT2D eigenvalue weighted by Gasteiger charge is 2.38. The third-order valence-electron chi connectivity index (χ3n) is 3.22. The first-order valence-electron chi connectivity index (χ1n) is 6.80. The van der Waals surface area contributed by atoms with E-state index in [-0.39, 0.29) is 35.9 Å². The number of ether oxygens (including phenoxy) is 1. The summed E-state index contributed by atoms with van der Waals surface area (Å²) in [5.41, 5.74) is 0.267. The average Bonchev–Trinajstić information content (AvgIpc) is 3.01. The second kappa shape index (κ2) is 5.56. The Morgan fingerprint density at radius 1 is 1.30 bits per heavy atom. The van der Waals surface area contributed by atoms with Gasteiger partial charge in [0.1, 0.15) is 5.69 Å². The van der Waals surface area contributed by atoms with Crippen molar-refractivity contribution in [3.8, 4) is 23.0 Å². The number of hydrogen-bond donors (Lipinski definition) is 1. The van der Waals surface area contributed by atoms with Crippen LogP contribution in [0.4, 0.5) is 5.88 Å². The van der Waals surface area contributed by atoms with E-state index in [0.717, 1.165) is 11.8 Å². The fourth-order valence-corrected chi connectivity index (χ4v) is 2.25. The van der Waals surface area contributed by atoms with Crippen LogP contribution < -0.4 is 9.64 Å². The number of carbonyl (C=O) groups is 3. The average molecular weight is 316 g/mol. The van der Waals surface area contributed by atoms with Gasteiger partial charge in [0, 0.05) is 26.0 Å². The van der Waals surface area contributed by atoms with Crippen LogP contribution in [0.2, 0.25) is 0 Å². The Balaban J connectivity index is 2.16. The van der Waals surface area contributed by atoms with Crippen LogP contribution >= 0.6 is 0 Å². The molecule has 3 rings (SSSR count). The summed E-state index contributed by atoms with van der Waals surface area (Å²) in [6.45, 7) is 1.13. The van der Waals surface area contributed by atoms with Crippen molar-refractivity contribution in [3.63, 3.8) is 0 Å². The van der Waals surface area contributed by atoms with Crippen LogP contribution in [0, 0.1) is 0 Å². The van der Waals surface area contributed by atoms with E-state index in [4.69, 9.17) is 9.15 Å². The van der Waals surface area contributed by atoms with Crippen LogP contribution in [0.5, 0.6) is 11.5 Å². The maximum Gasteiger partial charge on any atom is 0.308 e. The lowest BCUT2D eigenvalue weighted by Gasteiger charge is -2.11. The highest BCUT2D eigenvalue weighted by Crippen LogP contribution is 2.48. The van der Waals surface area contributed by atoms with E-state index in [2.05, 4.69) is 4.98 Å². The van der Waals surface area contributed by atoms with Crippen molar-refractivity contribution >= 4 is 23.7 Å². The van der Waals surface area contributed by atoms with Gasteiger partial charge in [0.25, 0.3) is 5.88 Å². The molecule has 1 fully saturated rings. The van der Waals surface area contributed by atoms with E-state index in [1.165, 1.54) is 6.20 Å². The Morgan fingerprint density at radius 2 is 2.00 bits per heavy atom. The molecule has 0 bridgehead atoms. The number of amides is 2. The van der Waals surface area contributed by atoms with E-state index in [1.807, 2.05) is 0 Å². The van der Waals surface area contributed by atoms with Gasteiger partial charge in [-0.05, 0) is 12.1 Å². The highest BCUT2D eigenvalue weighted by molar-refractivity contribution is 6.20.